The molecule has 0 spiro atoms. The van der Waals surface area contributed by atoms with Crippen LogP contribution in [0.1, 0.15) is 41.4 Å². The van der Waals surface area contributed by atoms with Crippen molar-refractivity contribution in [3.8, 4) is 0 Å². The molecule has 120 valence electrons. The Hall–Kier alpha value is -1.71. The molecule has 1 atom stereocenters. The molecule has 0 saturated heterocycles. The van der Waals surface area contributed by atoms with Gasteiger partial charge < -0.3 is 9.52 Å². The number of hydrogen-bond acceptors (Lipinski definition) is 6. The van der Waals surface area contributed by atoms with Crippen LogP contribution in [0.15, 0.2) is 27.2 Å². The minimum Gasteiger partial charge on any atom is -0.475 e. The van der Waals surface area contributed by atoms with E-state index in [1.54, 1.807) is 18.5 Å². The standard InChI is InChI=1S/C13H16N2O5S2/c1-4-13(3,12-14-5-6-21-12)15-22(18,19)9-7-8(2)10(20-9)11(16)17/h5-7,15H,4H2,1-3H3,(H,16,17). The number of aryl methyl sites for hydroxylation is 1. The first-order valence-corrected chi connectivity index (χ1v) is 8.83. The van der Waals surface area contributed by atoms with E-state index < -0.39 is 26.6 Å². The van der Waals surface area contributed by atoms with Crippen molar-refractivity contribution in [2.75, 3.05) is 0 Å². The zero-order valence-electron chi connectivity index (χ0n) is 12.3. The molecule has 0 aliphatic rings. The summed E-state index contributed by atoms with van der Waals surface area (Å²) in [4.78, 5) is 15.1. The first kappa shape index (κ1) is 16.7. The fourth-order valence-electron chi connectivity index (χ4n) is 1.91. The highest BCUT2D eigenvalue weighted by atomic mass is 32.2. The van der Waals surface area contributed by atoms with Gasteiger partial charge in [-0.25, -0.2) is 18.2 Å². The fraction of sp³-hybridized carbons (Fsp3) is 0.385. The minimum atomic E-state index is -4.00. The van der Waals surface area contributed by atoms with Crippen LogP contribution in [-0.4, -0.2) is 24.5 Å². The van der Waals surface area contributed by atoms with Gasteiger partial charge in [-0.3, -0.25) is 0 Å². The molecule has 0 amide bonds. The quantitative estimate of drug-likeness (QED) is 0.832. The summed E-state index contributed by atoms with van der Waals surface area (Å²) in [6, 6.07) is 1.20. The second-order valence-corrected chi connectivity index (χ2v) is 7.52. The van der Waals surface area contributed by atoms with Gasteiger partial charge in [-0.05, 0) is 20.3 Å². The topological polar surface area (TPSA) is 110 Å². The van der Waals surface area contributed by atoms with E-state index in [1.165, 1.54) is 24.3 Å². The highest BCUT2D eigenvalue weighted by molar-refractivity contribution is 7.89. The van der Waals surface area contributed by atoms with Crippen molar-refractivity contribution < 1.29 is 22.7 Å². The van der Waals surface area contributed by atoms with E-state index >= 15 is 0 Å². The molecule has 2 heterocycles. The van der Waals surface area contributed by atoms with Crippen LogP contribution in [0.4, 0.5) is 0 Å². The van der Waals surface area contributed by atoms with Crippen LogP contribution < -0.4 is 4.72 Å². The van der Waals surface area contributed by atoms with Crippen molar-refractivity contribution in [2.24, 2.45) is 0 Å². The summed E-state index contributed by atoms with van der Waals surface area (Å²) >= 11 is 1.34. The van der Waals surface area contributed by atoms with Crippen LogP contribution in [0.5, 0.6) is 0 Å². The molecule has 2 rings (SSSR count). The van der Waals surface area contributed by atoms with Gasteiger partial charge in [0.2, 0.25) is 10.9 Å². The average Bonchev–Trinajstić information content (AvgIpc) is 3.07. The number of aromatic carboxylic acids is 1. The van der Waals surface area contributed by atoms with Gasteiger partial charge in [-0.15, -0.1) is 11.3 Å². The molecule has 0 aliphatic carbocycles. The van der Waals surface area contributed by atoms with Gasteiger partial charge in [0.15, 0.2) is 0 Å². The Balaban J connectivity index is 2.39. The van der Waals surface area contributed by atoms with Gasteiger partial charge in [-0.2, -0.15) is 4.72 Å². The average molecular weight is 344 g/mol. The van der Waals surface area contributed by atoms with Crippen molar-refractivity contribution in [3.05, 3.63) is 34.0 Å². The third-order valence-electron chi connectivity index (χ3n) is 3.33. The van der Waals surface area contributed by atoms with Gasteiger partial charge in [-0.1, -0.05) is 6.92 Å². The number of sulfonamides is 1. The van der Waals surface area contributed by atoms with Crippen molar-refractivity contribution in [2.45, 2.75) is 37.8 Å². The largest absolute Gasteiger partial charge is 0.475 e. The van der Waals surface area contributed by atoms with Crippen LogP contribution in [0, 0.1) is 6.92 Å². The maximum atomic E-state index is 12.5. The molecule has 0 radical (unpaired) electrons. The smallest absolute Gasteiger partial charge is 0.372 e. The highest BCUT2D eigenvalue weighted by Gasteiger charge is 2.35. The third kappa shape index (κ3) is 3.06. The molecule has 7 nitrogen and oxygen atoms in total. The maximum absolute atomic E-state index is 12.5. The Labute approximate surface area is 132 Å². The van der Waals surface area contributed by atoms with E-state index in [9.17, 15) is 13.2 Å². The van der Waals surface area contributed by atoms with Crippen LogP contribution in [0.3, 0.4) is 0 Å². The normalized spacial score (nSPS) is 14.7. The number of nitrogens with one attached hydrogen (secondary N) is 1. The Bertz CT molecular complexity index is 779. The SMILES string of the molecule is CCC(C)(NS(=O)(=O)c1cc(C)c(C(=O)O)o1)c1nccs1. The van der Waals surface area contributed by atoms with Crippen LogP contribution in [0.25, 0.3) is 0 Å². The summed E-state index contributed by atoms with van der Waals surface area (Å²) in [6.45, 7) is 5.03. The molecule has 22 heavy (non-hydrogen) atoms. The number of thiazole rings is 1. The first-order chi connectivity index (χ1) is 10.2. The Morgan fingerprint density at radius 1 is 1.55 bits per heavy atom. The molecule has 2 aromatic rings. The van der Waals surface area contributed by atoms with Gasteiger partial charge in [0.25, 0.3) is 10.0 Å². The van der Waals surface area contributed by atoms with E-state index in [-0.39, 0.29) is 11.3 Å². The molecule has 2 aromatic heterocycles. The second-order valence-electron chi connectivity index (χ2n) is 5.01. The zero-order chi connectivity index (χ0) is 16.5. The van der Waals surface area contributed by atoms with E-state index in [0.717, 1.165) is 0 Å². The molecule has 0 bridgehead atoms. The lowest BCUT2D eigenvalue weighted by Crippen LogP contribution is -2.42. The molecule has 2 N–H and O–H groups in total. The number of carbonyl (C=O) groups is 1. The lowest BCUT2D eigenvalue weighted by Gasteiger charge is -2.26. The molecule has 1 unspecified atom stereocenters. The highest BCUT2D eigenvalue weighted by Crippen LogP contribution is 2.29. The molecule has 0 aromatic carbocycles. The van der Waals surface area contributed by atoms with Crippen LogP contribution in [-0.2, 0) is 15.6 Å². The monoisotopic (exact) mass is 344 g/mol. The number of carboxylic acid groups (broad SMARTS) is 1. The summed E-state index contributed by atoms with van der Waals surface area (Å²) in [5.74, 6) is -1.69. The summed E-state index contributed by atoms with van der Waals surface area (Å²) in [5, 5.41) is 10.9. The molecule has 0 saturated carbocycles. The summed E-state index contributed by atoms with van der Waals surface area (Å²) in [6.07, 6.45) is 2.08. The molecule has 0 aliphatic heterocycles. The molecular weight excluding hydrogens is 328 g/mol. The van der Waals surface area contributed by atoms with Gasteiger partial charge in [0.05, 0.1) is 5.54 Å². The van der Waals surface area contributed by atoms with Crippen LogP contribution in [0.2, 0.25) is 0 Å². The van der Waals surface area contributed by atoms with Crippen LogP contribution >= 0.6 is 11.3 Å². The minimum absolute atomic E-state index is 0.250. The molecular formula is C13H16N2O5S2. The van der Waals surface area contributed by atoms with Gasteiger partial charge in [0.1, 0.15) is 5.01 Å². The zero-order valence-corrected chi connectivity index (χ0v) is 13.9. The first-order valence-electron chi connectivity index (χ1n) is 6.47. The lowest BCUT2D eigenvalue weighted by molar-refractivity contribution is 0.0655. The van der Waals surface area contributed by atoms with Crippen molar-refractivity contribution in [1.29, 1.82) is 0 Å². The Morgan fingerprint density at radius 2 is 2.23 bits per heavy atom. The molecule has 0 fully saturated rings. The number of rotatable bonds is 6. The fourth-order valence-corrected chi connectivity index (χ4v) is 4.26. The lowest BCUT2D eigenvalue weighted by atomic mass is 10.0. The van der Waals surface area contributed by atoms with E-state index in [2.05, 4.69) is 9.71 Å². The summed E-state index contributed by atoms with van der Waals surface area (Å²) in [5.41, 5.74) is -0.641. The predicted molar refractivity (Wildman–Crippen MR) is 80.5 cm³/mol. The van der Waals surface area contributed by atoms with E-state index in [1.807, 2.05) is 6.92 Å². The van der Waals surface area contributed by atoms with Gasteiger partial charge >= 0.3 is 5.97 Å². The van der Waals surface area contributed by atoms with Crippen molar-refractivity contribution in [3.63, 3.8) is 0 Å². The number of nitrogens with zero attached hydrogens (tertiary/aromatic N) is 1. The molecule has 9 heteroatoms. The third-order valence-corrected chi connectivity index (χ3v) is 5.81. The number of hydrogen-bond donors (Lipinski definition) is 2. The second kappa shape index (κ2) is 5.82. The number of aromatic nitrogens is 1. The van der Waals surface area contributed by atoms with Crippen molar-refractivity contribution >= 4 is 27.3 Å². The Kier molecular flexibility index (Phi) is 4.41. The maximum Gasteiger partial charge on any atom is 0.372 e. The predicted octanol–water partition coefficient (Wildman–Crippen LogP) is 2.35. The van der Waals surface area contributed by atoms with Crippen molar-refractivity contribution in [1.82, 2.24) is 9.71 Å². The van der Waals surface area contributed by atoms with E-state index in [0.29, 0.717) is 11.4 Å². The number of carboxylic acids is 1. The van der Waals surface area contributed by atoms with Gasteiger partial charge in [0, 0.05) is 23.2 Å². The number of furan rings is 1. The Morgan fingerprint density at radius 3 is 2.68 bits per heavy atom. The summed E-state index contributed by atoms with van der Waals surface area (Å²) in [7, 11) is -4.00. The van der Waals surface area contributed by atoms with E-state index in [4.69, 9.17) is 9.52 Å². The summed E-state index contributed by atoms with van der Waals surface area (Å²) < 4.78 is 32.5.